The number of ether oxygens (including phenoxy) is 1. The third-order valence-corrected chi connectivity index (χ3v) is 3.28. The van der Waals surface area contributed by atoms with Gasteiger partial charge in [0, 0.05) is 18.7 Å². The largest absolute Gasteiger partial charge is 0.380 e. The molecule has 2 atom stereocenters. The van der Waals surface area contributed by atoms with Gasteiger partial charge in [-0.05, 0) is 37.0 Å². The van der Waals surface area contributed by atoms with E-state index in [1.54, 1.807) is 0 Å². The van der Waals surface area contributed by atoms with Crippen LogP contribution in [0.3, 0.4) is 0 Å². The molecule has 2 unspecified atom stereocenters. The fourth-order valence-corrected chi connectivity index (χ4v) is 2.30. The van der Waals surface area contributed by atoms with E-state index in [9.17, 15) is 4.39 Å². The fraction of sp³-hybridized carbons (Fsp3) is 0.571. The van der Waals surface area contributed by atoms with Crippen LogP contribution in [0.4, 0.5) is 4.39 Å². The summed E-state index contributed by atoms with van der Waals surface area (Å²) in [5, 5.41) is 3.59. The van der Waals surface area contributed by atoms with Crippen molar-refractivity contribution in [3.8, 4) is 0 Å². The number of benzene rings is 1. The van der Waals surface area contributed by atoms with E-state index >= 15 is 0 Å². The molecular weight excluding hydrogens is 217 g/mol. The lowest BCUT2D eigenvalue weighted by molar-refractivity contribution is 0.0661. The molecule has 3 heteroatoms. The Morgan fingerprint density at radius 2 is 2.18 bits per heavy atom. The second kappa shape index (κ2) is 6.12. The molecule has 0 radical (unpaired) electrons. The monoisotopic (exact) mass is 237 g/mol. The maximum absolute atomic E-state index is 12.9. The lowest BCUT2D eigenvalue weighted by atomic mass is 10.0. The Hall–Kier alpha value is -0.930. The van der Waals surface area contributed by atoms with Crippen LogP contribution in [0.2, 0.25) is 0 Å². The van der Waals surface area contributed by atoms with Crippen molar-refractivity contribution in [3.63, 3.8) is 0 Å². The molecule has 2 nitrogen and oxygen atoms in total. The zero-order valence-electron chi connectivity index (χ0n) is 10.3. The summed E-state index contributed by atoms with van der Waals surface area (Å²) >= 11 is 0. The van der Waals surface area contributed by atoms with E-state index in [4.69, 9.17) is 4.74 Å². The average Bonchev–Trinajstić information content (AvgIpc) is 2.38. The maximum atomic E-state index is 12.9. The van der Waals surface area contributed by atoms with Crippen molar-refractivity contribution in [3.05, 3.63) is 35.6 Å². The number of nitrogens with one attached hydrogen (secondary N) is 1. The van der Waals surface area contributed by atoms with E-state index in [1.807, 2.05) is 12.1 Å². The van der Waals surface area contributed by atoms with Crippen molar-refractivity contribution in [2.45, 2.75) is 38.3 Å². The standard InChI is InChI=1S/C14H20FNO/c1-2-14(11-5-7-12(15)8-6-11)16-13-4-3-9-17-10-13/h5-8,13-14,16H,2-4,9-10H2,1H3. The Morgan fingerprint density at radius 3 is 2.76 bits per heavy atom. The van der Waals surface area contributed by atoms with Crippen LogP contribution in [-0.2, 0) is 4.74 Å². The number of halogens is 1. The van der Waals surface area contributed by atoms with Crippen LogP contribution in [0.5, 0.6) is 0 Å². The minimum atomic E-state index is -0.176. The van der Waals surface area contributed by atoms with Gasteiger partial charge in [-0.1, -0.05) is 19.1 Å². The lowest BCUT2D eigenvalue weighted by Gasteiger charge is -2.28. The van der Waals surface area contributed by atoms with Gasteiger partial charge in [0.1, 0.15) is 5.82 Å². The first kappa shape index (κ1) is 12.5. The van der Waals surface area contributed by atoms with Gasteiger partial charge in [-0.15, -0.1) is 0 Å². The summed E-state index contributed by atoms with van der Waals surface area (Å²) in [5.74, 6) is -0.176. The maximum Gasteiger partial charge on any atom is 0.123 e. The molecule has 1 fully saturated rings. The van der Waals surface area contributed by atoms with Crippen molar-refractivity contribution >= 4 is 0 Å². The highest BCUT2D eigenvalue weighted by Gasteiger charge is 2.18. The van der Waals surface area contributed by atoms with Crippen LogP contribution in [-0.4, -0.2) is 19.3 Å². The normalized spacial score (nSPS) is 22.4. The second-order valence-electron chi connectivity index (χ2n) is 4.59. The topological polar surface area (TPSA) is 21.3 Å². The van der Waals surface area contributed by atoms with E-state index in [-0.39, 0.29) is 5.82 Å². The minimum absolute atomic E-state index is 0.176. The third-order valence-electron chi connectivity index (χ3n) is 3.28. The molecule has 1 aliphatic rings. The summed E-state index contributed by atoms with van der Waals surface area (Å²) < 4.78 is 18.3. The van der Waals surface area contributed by atoms with Crippen LogP contribution in [0.25, 0.3) is 0 Å². The molecule has 1 aromatic carbocycles. The van der Waals surface area contributed by atoms with E-state index in [0.29, 0.717) is 12.1 Å². The van der Waals surface area contributed by atoms with Crippen molar-refractivity contribution in [1.82, 2.24) is 5.32 Å². The first-order valence-corrected chi connectivity index (χ1v) is 6.39. The number of hydrogen-bond acceptors (Lipinski definition) is 2. The zero-order valence-corrected chi connectivity index (χ0v) is 10.3. The Kier molecular flexibility index (Phi) is 4.51. The average molecular weight is 237 g/mol. The Bertz CT molecular complexity index is 333. The molecule has 0 spiro atoms. The van der Waals surface area contributed by atoms with Crippen molar-refractivity contribution in [2.75, 3.05) is 13.2 Å². The summed E-state index contributed by atoms with van der Waals surface area (Å²) in [6.07, 6.45) is 3.29. The van der Waals surface area contributed by atoms with Crippen molar-refractivity contribution in [2.24, 2.45) is 0 Å². The molecule has 0 saturated carbocycles. The molecule has 2 rings (SSSR count). The molecule has 1 heterocycles. The predicted octanol–water partition coefficient (Wildman–Crippen LogP) is 3.05. The van der Waals surface area contributed by atoms with Gasteiger partial charge in [-0.2, -0.15) is 0 Å². The molecule has 17 heavy (non-hydrogen) atoms. The summed E-state index contributed by atoms with van der Waals surface area (Å²) in [7, 11) is 0. The quantitative estimate of drug-likeness (QED) is 0.869. The van der Waals surface area contributed by atoms with Crippen molar-refractivity contribution in [1.29, 1.82) is 0 Å². The van der Waals surface area contributed by atoms with Gasteiger partial charge >= 0.3 is 0 Å². The zero-order chi connectivity index (χ0) is 12.1. The highest BCUT2D eigenvalue weighted by Crippen LogP contribution is 2.19. The first-order valence-electron chi connectivity index (χ1n) is 6.39. The Balaban J connectivity index is 1.97. The molecule has 0 bridgehead atoms. The summed E-state index contributed by atoms with van der Waals surface area (Å²) in [6.45, 7) is 3.81. The van der Waals surface area contributed by atoms with Crippen LogP contribution in [0, 0.1) is 5.82 Å². The van der Waals surface area contributed by atoms with Gasteiger partial charge in [0.15, 0.2) is 0 Å². The smallest absolute Gasteiger partial charge is 0.123 e. The minimum Gasteiger partial charge on any atom is -0.380 e. The third kappa shape index (κ3) is 3.51. The Labute approximate surface area is 102 Å². The van der Waals surface area contributed by atoms with E-state index in [2.05, 4.69) is 12.2 Å². The van der Waals surface area contributed by atoms with Gasteiger partial charge in [0.2, 0.25) is 0 Å². The van der Waals surface area contributed by atoms with Crippen LogP contribution >= 0.6 is 0 Å². The second-order valence-corrected chi connectivity index (χ2v) is 4.59. The summed E-state index contributed by atoms with van der Waals surface area (Å²) in [4.78, 5) is 0. The molecule has 0 aliphatic carbocycles. The first-order chi connectivity index (χ1) is 8.29. The molecule has 1 aromatic rings. The van der Waals surface area contributed by atoms with Crippen LogP contribution in [0.15, 0.2) is 24.3 Å². The SMILES string of the molecule is CCC(NC1CCCOC1)c1ccc(F)cc1. The van der Waals surface area contributed by atoms with Gasteiger partial charge in [0.25, 0.3) is 0 Å². The molecule has 1 saturated heterocycles. The summed E-state index contributed by atoms with van der Waals surface area (Å²) in [5.41, 5.74) is 1.15. The number of rotatable bonds is 4. The van der Waals surface area contributed by atoms with Gasteiger partial charge in [-0.25, -0.2) is 4.39 Å². The molecule has 94 valence electrons. The Morgan fingerprint density at radius 1 is 1.41 bits per heavy atom. The van der Waals surface area contributed by atoms with Crippen LogP contribution in [0.1, 0.15) is 37.8 Å². The molecule has 1 aliphatic heterocycles. The molecule has 0 amide bonds. The van der Waals surface area contributed by atoms with Crippen molar-refractivity contribution < 1.29 is 9.13 Å². The predicted molar refractivity (Wildman–Crippen MR) is 66.4 cm³/mol. The molecular formula is C14H20FNO. The number of hydrogen-bond donors (Lipinski definition) is 1. The van der Waals surface area contributed by atoms with E-state index < -0.39 is 0 Å². The summed E-state index contributed by atoms with van der Waals surface area (Å²) in [6, 6.07) is 7.50. The molecule has 0 aromatic heterocycles. The van der Waals surface area contributed by atoms with Gasteiger partial charge in [-0.3, -0.25) is 0 Å². The highest BCUT2D eigenvalue weighted by molar-refractivity contribution is 5.20. The van der Waals surface area contributed by atoms with Gasteiger partial charge < -0.3 is 10.1 Å². The van der Waals surface area contributed by atoms with Crippen LogP contribution < -0.4 is 5.32 Å². The molecule has 1 N–H and O–H groups in total. The van der Waals surface area contributed by atoms with Gasteiger partial charge in [0.05, 0.1) is 6.61 Å². The van der Waals surface area contributed by atoms with E-state index in [0.717, 1.165) is 38.0 Å². The lowest BCUT2D eigenvalue weighted by Crippen LogP contribution is -2.39. The highest BCUT2D eigenvalue weighted by atomic mass is 19.1. The van der Waals surface area contributed by atoms with E-state index in [1.165, 1.54) is 12.1 Å². The fourth-order valence-electron chi connectivity index (χ4n) is 2.30.